The zero-order valence-electron chi connectivity index (χ0n) is 11.8. The van der Waals surface area contributed by atoms with Gasteiger partial charge in [-0.15, -0.1) is 11.8 Å². The van der Waals surface area contributed by atoms with Crippen LogP contribution in [0.3, 0.4) is 0 Å². The number of halogens is 2. The van der Waals surface area contributed by atoms with Crippen LogP contribution in [0, 0.1) is 11.3 Å². The van der Waals surface area contributed by atoms with Crippen LogP contribution in [0.2, 0.25) is 0 Å². The second kappa shape index (κ2) is 8.15. The molecule has 1 amide bonds. The first-order valence-electron chi connectivity index (χ1n) is 6.55. The molecule has 1 N–H and O–H groups in total. The molecule has 2 rings (SSSR count). The van der Waals surface area contributed by atoms with Crippen LogP contribution in [0.1, 0.15) is 10.4 Å². The smallest absolute Gasteiger partial charge is 0.387 e. The minimum Gasteiger partial charge on any atom is -0.435 e. The van der Waals surface area contributed by atoms with Gasteiger partial charge in [-0.05, 0) is 36.4 Å². The Kier molecular flexibility index (Phi) is 5.94. The summed E-state index contributed by atoms with van der Waals surface area (Å²) in [4.78, 5) is 13.0. The Morgan fingerprint density at radius 1 is 1.22 bits per heavy atom. The fourth-order valence-corrected chi connectivity index (χ4v) is 2.52. The van der Waals surface area contributed by atoms with Crippen molar-refractivity contribution in [3.8, 4) is 11.8 Å². The summed E-state index contributed by atoms with van der Waals surface area (Å²) in [5.74, 6) is -0.0826. The molecule has 0 radical (unpaired) electrons. The summed E-state index contributed by atoms with van der Waals surface area (Å²) < 4.78 is 28.4. The van der Waals surface area contributed by atoms with Crippen LogP contribution in [-0.4, -0.2) is 18.3 Å². The predicted octanol–water partition coefficient (Wildman–Crippen LogP) is 4.16. The number of benzene rings is 2. The van der Waals surface area contributed by atoms with Gasteiger partial charge in [-0.3, -0.25) is 4.79 Å². The molecule has 0 aliphatic heterocycles. The van der Waals surface area contributed by atoms with Gasteiger partial charge in [0.2, 0.25) is 0 Å². The van der Waals surface area contributed by atoms with E-state index in [4.69, 9.17) is 5.26 Å². The number of nitrogens with one attached hydrogen (secondary N) is 1. The molecular formula is C16H12F2N2O2S. The van der Waals surface area contributed by atoms with E-state index in [1.54, 1.807) is 24.3 Å². The molecule has 4 nitrogen and oxygen atoms in total. The van der Waals surface area contributed by atoms with Gasteiger partial charge in [-0.25, -0.2) is 0 Å². The van der Waals surface area contributed by atoms with Crippen LogP contribution in [-0.2, 0) is 0 Å². The monoisotopic (exact) mass is 334 g/mol. The van der Waals surface area contributed by atoms with Crippen LogP contribution in [0.25, 0.3) is 0 Å². The number of amides is 1. The molecule has 0 bridgehead atoms. The Balaban J connectivity index is 2.09. The normalized spacial score (nSPS) is 10.2. The van der Waals surface area contributed by atoms with Crippen molar-refractivity contribution in [2.75, 3.05) is 11.1 Å². The lowest BCUT2D eigenvalue weighted by Gasteiger charge is -2.10. The molecule has 0 heterocycles. The number of anilines is 1. The van der Waals surface area contributed by atoms with Crippen molar-refractivity contribution >= 4 is 23.4 Å². The number of carbonyl (C=O) groups is 1. The number of ether oxygens (including phenoxy) is 1. The maximum atomic E-state index is 12.3. The number of hydrogen-bond acceptors (Lipinski definition) is 4. The van der Waals surface area contributed by atoms with Crippen molar-refractivity contribution in [1.82, 2.24) is 0 Å². The first-order valence-corrected chi connectivity index (χ1v) is 7.53. The second-order valence-electron chi connectivity index (χ2n) is 4.30. The molecule has 0 fully saturated rings. The molecule has 2 aromatic carbocycles. The van der Waals surface area contributed by atoms with E-state index in [2.05, 4.69) is 10.1 Å². The second-order valence-corrected chi connectivity index (χ2v) is 5.32. The number of rotatable bonds is 6. The van der Waals surface area contributed by atoms with Gasteiger partial charge in [0.15, 0.2) is 0 Å². The van der Waals surface area contributed by atoms with E-state index in [1.807, 2.05) is 6.07 Å². The largest absolute Gasteiger partial charge is 0.435 e. The molecule has 0 spiro atoms. The number of alkyl halides is 2. The Labute approximate surface area is 136 Å². The van der Waals surface area contributed by atoms with Gasteiger partial charge >= 0.3 is 6.61 Å². The highest BCUT2D eigenvalue weighted by molar-refractivity contribution is 7.99. The highest BCUT2D eigenvalue weighted by Gasteiger charge is 2.12. The summed E-state index contributed by atoms with van der Waals surface area (Å²) in [6, 6.07) is 14.6. The number of carbonyl (C=O) groups excluding carboxylic acids is 1. The Morgan fingerprint density at radius 2 is 1.91 bits per heavy atom. The summed E-state index contributed by atoms with van der Waals surface area (Å²) in [6.07, 6.45) is 0. The molecular weight excluding hydrogens is 322 g/mol. The zero-order chi connectivity index (χ0) is 16.7. The van der Waals surface area contributed by atoms with Crippen molar-refractivity contribution in [1.29, 1.82) is 5.26 Å². The average molecular weight is 334 g/mol. The molecule has 0 aliphatic carbocycles. The molecule has 0 unspecified atom stereocenters. The van der Waals surface area contributed by atoms with Crippen molar-refractivity contribution < 1.29 is 18.3 Å². The van der Waals surface area contributed by atoms with E-state index < -0.39 is 6.61 Å². The third kappa shape index (κ3) is 4.97. The first kappa shape index (κ1) is 16.8. The summed E-state index contributed by atoms with van der Waals surface area (Å²) in [5.41, 5.74) is 0.900. The zero-order valence-corrected chi connectivity index (χ0v) is 12.6. The van der Waals surface area contributed by atoms with Gasteiger partial charge in [0.25, 0.3) is 5.91 Å². The van der Waals surface area contributed by atoms with Crippen LogP contribution in [0.15, 0.2) is 53.4 Å². The third-order valence-electron chi connectivity index (χ3n) is 2.76. The van der Waals surface area contributed by atoms with Crippen molar-refractivity contribution in [2.24, 2.45) is 0 Å². The summed E-state index contributed by atoms with van der Waals surface area (Å²) in [6.45, 7) is -2.89. The molecule has 0 aliphatic rings. The molecule has 118 valence electrons. The topological polar surface area (TPSA) is 62.1 Å². The number of nitriles is 1. The Hall–Kier alpha value is -2.59. The number of nitrogens with zero attached hydrogens (tertiary/aromatic N) is 1. The van der Waals surface area contributed by atoms with Crippen LogP contribution in [0.4, 0.5) is 14.5 Å². The van der Waals surface area contributed by atoms with Gasteiger partial charge in [0, 0.05) is 10.6 Å². The van der Waals surface area contributed by atoms with E-state index in [-0.39, 0.29) is 17.4 Å². The Bertz CT molecular complexity index is 715. The minimum atomic E-state index is -2.89. The standard InChI is InChI=1S/C16H12F2N2O2S/c17-16(18)22-12-7-5-11(6-8-12)20-15(21)13-3-1-2-4-14(13)23-10-9-19/h1-8,16H,10H2,(H,20,21). The molecule has 7 heteroatoms. The fraction of sp³-hybridized carbons (Fsp3) is 0.125. The molecule has 0 saturated heterocycles. The van der Waals surface area contributed by atoms with E-state index in [1.165, 1.54) is 36.0 Å². The maximum Gasteiger partial charge on any atom is 0.387 e. The van der Waals surface area contributed by atoms with Gasteiger partial charge in [0.05, 0.1) is 17.4 Å². The van der Waals surface area contributed by atoms with Gasteiger partial charge in [-0.2, -0.15) is 14.0 Å². The maximum absolute atomic E-state index is 12.3. The van der Waals surface area contributed by atoms with E-state index >= 15 is 0 Å². The number of hydrogen-bond donors (Lipinski definition) is 1. The molecule has 0 atom stereocenters. The molecule has 0 aromatic heterocycles. The van der Waals surface area contributed by atoms with Gasteiger partial charge in [-0.1, -0.05) is 12.1 Å². The summed E-state index contributed by atoms with van der Waals surface area (Å²) in [7, 11) is 0. The van der Waals surface area contributed by atoms with Crippen LogP contribution in [0.5, 0.6) is 5.75 Å². The highest BCUT2D eigenvalue weighted by Crippen LogP contribution is 2.24. The minimum absolute atomic E-state index is 0.0166. The van der Waals surface area contributed by atoms with Crippen molar-refractivity contribution in [2.45, 2.75) is 11.5 Å². The highest BCUT2D eigenvalue weighted by atomic mass is 32.2. The third-order valence-corrected chi connectivity index (χ3v) is 3.70. The van der Waals surface area contributed by atoms with Crippen LogP contribution < -0.4 is 10.1 Å². The number of thioether (sulfide) groups is 1. The predicted molar refractivity (Wildman–Crippen MR) is 83.8 cm³/mol. The van der Waals surface area contributed by atoms with Crippen molar-refractivity contribution in [3.05, 3.63) is 54.1 Å². The molecule has 0 saturated carbocycles. The van der Waals surface area contributed by atoms with Gasteiger partial charge in [0.1, 0.15) is 5.75 Å². The average Bonchev–Trinajstić information content (AvgIpc) is 2.54. The Morgan fingerprint density at radius 3 is 2.57 bits per heavy atom. The lowest BCUT2D eigenvalue weighted by Crippen LogP contribution is -2.13. The first-order chi connectivity index (χ1) is 11.1. The van der Waals surface area contributed by atoms with E-state index in [0.717, 1.165) is 0 Å². The lowest BCUT2D eigenvalue weighted by molar-refractivity contribution is -0.0498. The van der Waals surface area contributed by atoms with Crippen LogP contribution >= 0.6 is 11.8 Å². The fourth-order valence-electron chi connectivity index (χ4n) is 1.81. The quantitative estimate of drug-likeness (QED) is 0.806. The summed E-state index contributed by atoms with van der Waals surface area (Å²) >= 11 is 1.27. The lowest BCUT2D eigenvalue weighted by atomic mass is 10.2. The molecule has 2 aromatic rings. The molecule has 23 heavy (non-hydrogen) atoms. The summed E-state index contributed by atoms with van der Waals surface area (Å²) in [5, 5.41) is 11.3. The van der Waals surface area contributed by atoms with Gasteiger partial charge < -0.3 is 10.1 Å². The van der Waals surface area contributed by atoms with E-state index in [9.17, 15) is 13.6 Å². The van der Waals surface area contributed by atoms with Crippen molar-refractivity contribution in [3.63, 3.8) is 0 Å². The SMILES string of the molecule is N#CCSc1ccccc1C(=O)Nc1ccc(OC(F)F)cc1. The van der Waals surface area contributed by atoms with E-state index in [0.29, 0.717) is 16.1 Å².